The van der Waals surface area contributed by atoms with Crippen molar-refractivity contribution in [3.05, 3.63) is 90.0 Å². The van der Waals surface area contributed by atoms with Gasteiger partial charge in [-0.1, -0.05) is 36.4 Å². The number of nitrogens with zero attached hydrogens (tertiary/aromatic N) is 5. The summed E-state index contributed by atoms with van der Waals surface area (Å²) in [5, 5.41) is 28.9. The van der Waals surface area contributed by atoms with E-state index >= 15 is 0 Å². The number of rotatable bonds is 6. The van der Waals surface area contributed by atoms with Crippen LogP contribution in [0.3, 0.4) is 0 Å². The van der Waals surface area contributed by atoms with Gasteiger partial charge in [-0.25, -0.2) is 4.68 Å². The summed E-state index contributed by atoms with van der Waals surface area (Å²) in [7, 11) is 0. The zero-order chi connectivity index (χ0) is 23.4. The molecule has 1 aromatic heterocycles. The van der Waals surface area contributed by atoms with Crippen LogP contribution in [0, 0.1) is 11.3 Å². The molecule has 1 N–H and O–H groups in total. The number of hydrogen-bond acceptors (Lipinski definition) is 6. The van der Waals surface area contributed by atoms with Crippen molar-refractivity contribution in [3.63, 3.8) is 0 Å². The van der Waals surface area contributed by atoms with Crippen LogP contribution in [0.5, 0.6) is 11.5 Å². The highest BCUT2D eigenvalue weighted by atomic mass is 19.4. The molecule has 2 aromatic carbocycles. The number of halogens is 3. The Morgan fingerprint density at radius 1 is 1.09 bits per heavy atom. The van der Waals surface area contributed by atoms with Crippen molar-refractivity contribution in [3.8, 4) is 17.6 Å². The summed E-state index contributed by atoms with van der Waals surface area (Å²) >= 11 is 0. The second-order valence-electron chi connectivity index (χ2n) is 7.29. The lowest BCUT2D eigenvalue weighted by Crippen LogP contribution is -2.42. The second-order valence-corrected chi connectivity index (χ2v) is 7.29. The van der Waals surface area contributed by atoms with Gasteiger partial charge in [-0.2, -0.15) is 5.26 Å². The van der Waals surface area contributed by atoms with E-state index in [1.165, 1.54) is 24.3 Å². The van der Waals surface area contributed by atoms with Gasteiger partial charge in [-0.05, 0) is 47.4 Å². The van der Waals surface area contributed by atoms with Gasteiger partial charge in [0.05, 0.1) is 24.2 Å². The Bertz CT molecular complexity index is 1190. The molecule has 7 nitrogen and oxygen atoms in total. The normalized spacial score (nSPS) is 15.9. The number of nitriles is 1. The molecular weight excluding hydrogens is 435 g/mol. The monoisotopic (exact) mass is 453 g/mol. The van der Waals surface area contributed by atoms with Crippen LogP contribution < -0.4 is 9.75 Å². The molecule has 0 amide bonds. The maximum Gasteiger partial charge on any atom is 0.573 e. The van der Waals surface area contributed by atoms with Gasteiger partial charge in [-0.3, -0.25) is 5.01 Å². The third-order valence-electron chi connectivity index (χ3n) is 5.10. The minimum atomic E-state index is -4.78. The number of alkyl halides is 3. The number of benzene rings is 2. The first-order chi connectivity index (χ1) is 15.8. The Hall–Kier alpha value is -4.26. The number of allylic oxidation sites excluding steroid dienone is 2. The first-order valence-electron chi connectivity index (χ1n) is 9.90. The largest absolute Gasteiger partial charge is 0.573 e. The van der Waals surface area contributed by atoms with Gasteiger partial charge in [0.2, 0.25) is 0 Å². The molecule has 1 unspecified atom stereocenters. The van der Waals surface area contributed by atoms with E-state index in [0.29, 0.717) is 29.7 Å². The van der Waals surface area contributed by atoms with E-state index < -0.39 is 6.36 Å². The van der Waals surface area contributed by atoms with E-state index in [1.807, 2.05) is 11.1 Å². The van der Waals surface area contributed by atoms with Crippen LogP contribution in [-0.4, -0.2) is 32.4 Å². The topological polar surface area (TPSA) is 87.2 Å². The first kappa shape index (κ1) is 22.0. The molecule has 0 radical (unpaired) electrons. The smallest absolute Gasteiger partial charge is 0.508 e. The lowest BCUT2D eigenvalue weighted by molar-refractivity contribution is -0.274. The second kappa shape index (κ2) is 9.08. The van der Waals surface area contributed by atoms with Gasteiger partial charge in [-0.15, -0.1) is 23.4 Å². The molecule has 0 fully saturated rings. The number of hydrogen-bond donors (Lipinski definition) is 1. The molecular formula is C23H18F3N5O2. The van der Waals surface area contributed by atoms with Crippen LogP contribution >= 0.6 is 0 Å². The molecule has 1 atom stereocenters. The van der Waals surface area contributed by atoms with Crippen molar-refractivity contribution in [2.45, 2.75) is 25.4 Å². The molecule has 0 spiro atoms. The highest BCUT2D eigenvalue weighted by Gasteiger charge is 2.31. The SMILES string of the molecule is N#CC1=CCC(N(Cc2ccc(O)cc2)n2cnnc2)C=C1c1ccc(OC(F)(F)F)cc1. The highest BCUT2D eigenvalue weighted by molar-refractivity contribution is 5.84. The molecule has 168 valence electrons. The Morgan fingerprint density at radius 2 is 1.76 bits per heavy atom. The van der Waals surface area contributed by atoms with Crippen LogP contribution in [0.25, 0.3) is 5.57 Å². The Balaban J connectivity index is 1.65. The molecule has 33 heavy (non-hydrogen) atoms. The predicted molar refractivity (Wildman–Crippen MR) is 113 cm³/mol. The summed E-state index contributed by atoms with van der Waals surface area (Å²) in [5.41, 5.74) is 2.57. The molecule has 1 heterocycles. The highest BCUT2D eigenvalue weighted by Crippen LogP contribution is 2.32. The number of phenolic OH excluding ortho intramolecular Hbond substituents is 1. The summed E-state index contributed by atoms with van der Waals surface area (Å²) in [6, 6.07) is 14.2. The summed E-state index contributed by atoms with van der Waals surface area (Å²) in [6.45, 7) is 0.459. The third kappa shape index (κ3) is 5.33. The lowest BCUT2D eigenvalue weighted by atomic mass is 9.90. The van der Waals surface area contributed by atoms with Gasteiger partial charge in [0, 0.05) is 0 Å². The fourth-order valence-electron chi connectivity index (χ4n) is 3.59. The molecule has 1 aliphatic rings. The summed E-state index contributed by atoms with van der Waals surface area (Å²) in [6.07, 6.45) is 2.56. The Labute approximate surface area is 187 Å². The minimum absolute atomic E-state index is 0.161. The molecule has 0 aliphatic heterocycles. The minimum Gasteiger partial charge on any atom is -0.508 e. The van der Waals surface area contributed by atoms with Gasteiger partial charge in [0.25, 0.3) is 0 Å². The standard InChI is InChI=1S/C23H18F3N5O2/c24-23(25,26)33-21-9-4-17(5-10-21)22-11-19(6-3-18(22)12-27)31(30-14-28-29-15-30)13-16-1-7-20(32)8-2-16/h1-5,7-11,14-15,19,32H,6,13H2. The third-order valence-corrected chi connectivity index (χ3v) is 5.10. The summed E-state index contributed by atoms with van der Waals surface area (Å²) in [4.78, 5) is 0. The van der Waals surface area contributed by atoms with Gasteiger partial charge >= 0.3 is 6.36 Å². The van der Waals surface area contributed by atoms with Gasteiger partial charge < -0.3 is 9.84 Å². The van der Waals surface area contributed by atoms with Crippen molar-refractivity contribution >= 4 is 5.57 Å². The molecule has 10 heteroatoms. The van der Waals surface area contributed by atoms with Crippen molar-refractivity contribution in [1.29, 1.82) is 5.26 Å². The number of phenols is 1. The average Bonchev–Trinajstić information content (AvgIpc) is 3.32. The fourth-order valence-corrected chi connectivity index (χ4v) is 3.59. The van der Waals surface area contributed by atoms with E-state index in [9.17, 15) is 23.5 Å². The van der Waals surface area contributed by atoms with E-state index in [0.717, 1.165) is 5.56 Å². The van der Waals surface area contributed by atoms with Crippen LogP contribution in [0.1, 0.15) is 17.5 Å². The molecule has 4 rings (SSSR count). The van der Waals surface area contributed by atoms with Crippen LogP contribution in [0.15, 0.2) is 78.9 Å². The van der Waals surface area contributed by atoms with Crippen LogP contribution in [0.2, 0.25) is 0 Å². The van der Waals surface area contributed by atoms with E-state index in [4.69, 9.17) is 0 Å². The van der Waals surface area contributed by atoms with Gasteiger partial charge in [0.1, 0.15) is 24.2 Å². The predicted octanol–water partition coefficient (Wildman–Crippen LogP) is 4.33. The average molecular weight is 453 g/mol. The maximum absolute atomic E-state index is 12.5. The van der Waals surface area contributed by atoms with Crippen LogP contribution in [-0.2, 0) is 6.54 Å². The number of aromatic nitrogens is 3. The summed E-state index contributed by atoms with van der Waals surface area (Å²) < 4.78 is 43.1. The molecule has 1 aliphatic carbocycles. The number of aromatic hydroxyl groups is 1. The van der Waals surface area contributed by atoms with Crippen molar-refractivity contribution in [2.24, 2.45) is 0 Å². The molecule has 3 aromatic rings. The zero-order valence-corrected chi connectivity index (χ0v) is 17.1. The van der Waals surface area contributed by atoms with Crippen molar-refractivity contribution in [1.82, 2.24) is 14.9 Å². The fraction of sp³-hybridized carbons (Fsp3) is 0.174. The zero-order valence-electron chi connectivity index (χ0n) is 17.1. The quantitative estimate of drug-likeness (QED) is 0.598. The molecule has 0 saturated carbocycles. The Morgan fingerprint density at radius 3 is 2.36 bits per heavy atom. The number of ether oxygens (including phenoxy) is 1. The van der Waals surface area contributed by atoms with Crippen molar-refractivity contribution < 1.29 is 23.0 Å². The van der Waals surface area contributed by atoms with E-state index in [1.54, 1.807) is 47.7 Å². The van der Waals surface area contributed by atoms with E-state index in [2.05, 4.69) is 21.0 Å². The molecule has 0 bridgehead atoms. The van der Waals surface area contributed by atoms with Crippen molar-refractivity contribution in [2.75, 3.05) is 5.01 Å². The first-order valence-corrected chi connectivity index (χ1v) is 9.90. The van der Waals surface area contributed by atoms with Gasteiger partial charge in [0.15, 0.2) is 0 Å². The van der Waals surface area contributed by atoms with E-state index in [-0.39, 0.29) is 17.5 Å². The van der Waals surface area contributed by atoms with Crippen LogP contribution in [0.4, 0.5) is 13.2 Å². The summed E-state index contributed by atoms with van der Waals surface area (Å²) in [5.74, 6) is -0.172. The maximum atomic E-state index is 12.5. The lowest BCUT2D eigenvalue weighted by Gasteiger charge is -2.33. The Kier molecular flexibility index (Phi) is 6.04. The molecule has 0 saturated heterocycles.